The van der Waals surface area contributed by atoms with Crippen molar-refractivity contribution in [3.63, 3.8) is 0 Å². The van der Waals surface area contributed by atoms with Gasteiger partial charge in [0.1, 0.15) is 29.2 Å². The molecule has 1 amide bonds. The summed E-state index contributed by atoms with van der Waals surface area (Å²) in [6.07, 6.45) is 3.34. The Kier molecular flexibility index (Phi) is 5.13. The van der Waals surface area contributed by atoms with Gasteiger partial charge in [-0.05, 0) is 24.5 Å². The lowest BCUT2D eigenvalue weighted by atomic mass is 10.2. The van der Waals surface area contributed by atoms with Crippen LogP contribution < -0.4 is 10.6 Å². The molecule has 0 saturated carbocycles. The van der Waals surface area contributed by atoms with E-state index in [1.54, 1.807) is 28.6 Å². The Morgan fingerprint density at radius 1 is 1.35 bits per heavy atom. The first-order chi connectivity index (χ1) is 16.4. The molecule has 1 unspecified atom stereocenters. The monoisotopic (exact) mass is 460 g/mol. The number of amides is 1. The van der Waals surface area contributed by atoms with Crippen LogP contribution in [-0.4, -0.2) is 62.7 Å². The third kappa shape index (κ3) is 3.59. The first-order valence-electron chi connectivity index (χ1n) is 10.5. The van der Waals surface area contributed by atoms with E-state index in [1.165, 1.54) is 24.5 Å². The van der Waals surface area contributed by atoms with E-state index < -0.39 is 5.82 Å². The number of aromatic nitrogens is 5. The van der Waals surface area contributed by atoms with E-state index in [4.69, 9.17) is 10.2 Å². The highest BCUT2D eigenvalue weighted by molar-refractivity contribution is 5.91. The molecule has 1 aromatic carbocycles. The molecule has 1 atom stereocenters. The summed E-state index contributed by atoms with van der Waals surface area (Å²) in [5, 5.41) is 5.11. The number of anilines is 2. The number of rotatable bonds is 3. The van der Waals surface area contributed by atoms with Crippen LogP contribution in [0.4, 0.5) is 16.2 Å². The molecule has 1 fully saturated rings. The van der Waals surface area contributed by atoms with Crippen molar-refractivity contribution in [3.8, 4) is 11.8 Å². The predicted molar refractivity (Wildman–Crippen MR) is 124 cm³/mol. The van der Waals surface area contributed by atoms with E-state index in [-0.39, 0.29) is 23.3 Å². The van der Waals surface area contributed by atoms with Crippen LogP contribution in [0.25, 0.3) is 22.1 Å². The Morgan fingerprint density at radius 2 is 2.18 bits per heavy atom. The van der Waals surface area contributed by atoms with Crippen LogP contribution in [0.1, 0.15) is 23.7 Å². The van der Waals surface area contributed by atoms with Gasteiger partial charge in [0.2, 0.25) is 5.91 Å². The van der Waals surface area contributed by atoms with Crippen LogP contribution in [-0.2, 0) is 4.79 Å². The van der Waals surface area contributed by atoms with Crippen LogP contribution in [0, 0.1) is 17.7 Å². The summed E-state index contributed by atoms with van der Waals surface area (Å²) >= 11 is 0. The maximum atomic E-state index is 14.7. The number of nitrogen functional groups attached to an aromatic ring is 1. The number of hydrogen-bond acceptors (Lipinski definition) is 8. The number of carbonyl (C=O) groups excluding carboxylic acids is 1. The molecular formula is C23H21FN8O2. The highest BCUT2D eigenvalue weighted by Gasteiger charge is 2.29. The second-order valence-electron chi connectivity index (χ2n) is 8.12. The van der Waals surface area contributed by atoms with Crippen molar-refractivity contribution in [2.45, 2.75) is 12.5 Å². The van der Waals surface area contributed by atoms with Gasteiger partial charge in [-0.1, -0.05) is 12.5 Å². The number of likely N-dealkylation sites (tertiary alicyclic amines) is 1. The Hall–Kier alpha value is -4.46. The third-order valence-electron chi connectivity index (χ3n) is 5.68. The highest BCUT2D eigenvalue weighted by Crippen LogP contribution is 2.29. The van der Waals surface area contributed by atoms with Crippen LogP contribution >= 0.6 is 0 Å². The highest BCUT2D eigenvalue weighted by atomic mass is 19.1. The number of carbonyl (C=O) groups is 1. The fourth-order valence-corrected chi connectivity index (χ4v) is 3.96. The lowest BCUT2D eigenvalue weighted by Gasteiger charge is -2.14. The molecule has 1 aliphatic rings. The molecule has 0 spiro atoms. The number of fused-ring (bicyclic) bond motifs is 2. The van der Waals surface area contributed by atoms with Crippen molar-refractivity contribution in [2.75, 3.05) is 37.8 Å². The smallest absolute Gasteiger partial charge is 0.297 e. The van der Waals surface area contributed by atoms with Crippen LogP contribution in [0.5, 0.6) is 0 Å². The van der Waals surface area contributed by atoms with E-state index >= 15 is 0 Å². The minimum atomic E-state index is -0.538. The lowest BCUT2D eigenvalue weighted by Crippen LogP contribution is -2.27. The molecule has 4 aromatic rings. The predicted octanol–water partition coefficient (Wildman–Crippen LogP) is 2.11. The lowest BCUT2D eigenvalue weighted by molar-refractivity contribution is -0.125. The summed E-state index contributed by atoms with van der Waals surface area (Å²) in [4.78, 5) is 28.1. The molecule has 5 rings (SSSR count). The molecule has 4 heterocycles. The van der Waals surface area contributed by atoms with Gasteiger partial charge in [0.25, 0.3) is 6.01 Å². The van der Waals surface area contributed by atoms with Gasteiger partial charge in [-0.15, -0.1) is 0 Å². The van der Waals surface area contributed by atoms with Crippen molar-refractivity contribution in [3.05, 3.63) is 48.2 Å². The van der Waals surface area contributed by atoms with E-state index in [0.29, 0.717) is 53.4 Å². The first kappa shape index (κ1) is 21.4. The van der Waals surface area contributed by atoms with Crippen LogP contribution in [0.2, 0.25) is 0 Å². The fraction of sp³-hybridized carbons (Fsp3) is 0.261. The Bertz CT molecular complexity index is 1510. The maximum absolute atomic E-state index is 14.7. The topological polar surface area (TPSA) is 119 Å². The van der Waals surface area contributed by atoms with Gasteiger partial charge in [0, 0.05) is 33.3 Å². The molecule has 0 aliphatic carbocycles. The summed E-state index contributed by atoms with van der Waals surface area (Å²) in [5.74, 6) is 5.31. The van der Waals surface area contributed by atoms with Gasteiger partial charge in [-0.25, -0.2) is 19.0 Å². The zero-order valence-electron chi connectivity index (χ0n) is 18.6. The van der Waals surface area contributed by atoms with Crippen molar-refractivity contribution >= 4 is 39.9 Å². The average Bonchev–Trinajstić information content (AvgIpc) is 3.54. The number of nitrogens with zero attached hydrogens (tertiary/aromatic N) is 7. The summed E-state index contributed by atoms with van der Waals surface area (Å²) in [7, 11) is 3.57. The van der Waals surface area contributed by atoms with E-state index in [0.717, 1.165) is 0 Å². The normalized spacial score (nSPS) is 15.5. The number of halogens is 1. The van der Waals surface area contributed by atoms with Crippen molar-refractivity contribution < 1.29 is 13.6 Å². The Morgan fingerprint density at radius 3 is 2.94 bits per heavy atom. The summed E-state index contributed by atoms with van der Waals surface area (Å²) < 4.78 is 22.0. The Balaban J connectivity index is 1.55. The van der Waals surface area contributed by atoms with Gasteiger partial charge in [0.05, 0.1) is 17.0 Å². The summed E-state index contributed by atoms with van der Waals surface area (Å²) in [5.41, 5.74) is 7.93. The third-order valence-corrected chi connectivity index (χ3v) is 5.68. The first-order valence-corrected chi connectivity index (χ1v) is 10.5. The maximum Gasteiger partial charge on any atom is 0.297 e. The van der Waals surface area contributed by atoms with Crippen LogP contribution in [0.15, 0.2) is 35.5 Å². The molecule has 2 N–H and O–H groups in total. The molecule has 0 bridgehead atoms. The fourth-order valence-electron chi connectivity index (χ4n) is 3.96. The number of oxazole rings is 1. The van der Waals surface area contributed by atoms with Crippen molar-refractivity contribution in [2.24, 2.45) is 0 Å². The van der Waals surface area contributed by atoms with Gasteiger partial charge in [-0.3, -0.25) is 4.79 Å². The van der Waals surface area contributed by atoms with Crippen molar-refractivity contribution in [1.82, 2.24) is 29.6 Å². The minimum Gasteiger partial charge on any atom is -0.423 e. The molecule has 3 aromatic heterocycles. The standard InChI is InChI=1S/C23H21FN8O2/c1-4-19(33)31-8-7-14(11-31)32-22-20(21(25)26-12-27-22)16(29-32)6-5-13-9-17-18(10-15(13)24)34-23(28-17)30(2)3/h4,9-10,12,14H,1,7-8,11H2,2-3H3,(H2,25,26,27). The molecule has 1 saturated heterocycles. The summed E-state index contributed by atoms with van der Waals surface area (Å²) in [6, 6.07) is 3.05. The zero-order valence-corrected chi connectivity index (χ0v) is 18.6. The number of nitrogens with two attached hydrogens (primary N) is 1. The molecule has 172 valence electrons. The SMILES string of the molecule is C=CC(=O)N1CCC(n2nc(C#Cc3cc4nc(N(C)C)oc4cc3F)c3c(N)ncnc32)C1. The van der Waals surface area contributed by atoms with Crippen molar-refractivity contribution in [1.29, 1.82) is 0 Å². The number of benzene rings is 1. The summed E-state index contributed by atoms with van der Waals surface area (Å²) in [6.45, 7) is 4.59. The molecule has 11 heteroatoms. The van der Waals surface area contributed by atoms with Gasteiger partial charge >= 0.3 is 0 Å². The second kappa shape index (κ2) is 8.15. The van der Waals surface area contributed by atoms with Gasteiger partial charge < -0.3 is 20.0 Å². The molecule has 34 heavy (non-hydrogen) atoms. The van der Waals surface area contributed by atoms with Crippen LogP contribution in [0.3, 0.4) is 0 Å². The molecule has 1 aliphatic heterocycles. The Labute approximate surface area is 193 Å². The van der Waals surface area contributed by atoms with E-state index in [2.05, 4.69) is 38.5 Å². The molecule has 10 nitrogen and oxygen atoms in total. The van der Waals surface area contributed by atoms with E-state index in [9.17, 15) is 9.18 Å². The second-order valence-corrected chi connectivity index (χ2v) is 8.12. The minimum absolute atomic E-state index is 0.107. The largest absolute Gasteiger partial charge is 0.423 e. The zero-order chi connectivity index (χ0) is 24.0. The quantitative estimate of drug-likeness (QED) is 0.365. The molecule has 0 radical (unpaired) electrons. The van der Waals surface area contributed by atoms with Gasteiger partial charge in [-0.2, -0.15) is 10.1 Å². The average molecular weight is 460 g/mol. The van der Waals surface area contributed by atoms with E-state index in [1.807, 2.05) is 0 Å². The molecular weight excluding hydrogens is 439 g/mol. The number of hydrogen-bond donors (Lipinski definition) is 1. The van der Waals surface area contributed by atoms with Gasteiger partial charge in [0.15, 0.2) is 11.2 Å².